The van der Waals surface area contributed by atoms with Crippen LogP contribution in [0.3, 0.4) is 0 Å². The predicted molar refractivity (Wildman–Crippen MR) is 65.7 cm³/mol. The molecule has 0 radical (unpaired) electrons. The summed E-state index contributed by atoms with van der Waals surface area (Å²) in [5.41, 5.74) is 0.963. The molecular weight excluding hydrogens is 244 g/mol. The van der Waals surface area contributed by atoms with E-state index in [1.807, 2.05) is 12.3 Å². The molecule has 0 fully saturated rings. The van der Waals surface area contributed by atoms with Gasteiger partial charge in [-0.25, -0.2) is 4.68 Å². The summed E-state index contributed by atoms with van der Waals surface area (Å²) in [6, 6.07) is 2.04. The second-order valence-corrected chi connectivity index (χ2v) is 4.92. The minimum Gasteiger partial charge on any atom is -0.487 e. The number of methoxy groups -OCH3 is 1. The van der Waals surface area contributed by atoms with Crippen molar-refractivity contribution >= 4 is 29.3 Å². The molecule has 16 heavy (non-hydrogen) atoms. The number of ether oxygens (including phenoxy) is 1. The van der Waals surface area contributed by atoms with Crippen molar-refractivity contribution in [2.45, 2.75) is 4.21 Å². The lowest BCUT2D eigenvalue weighted by atomic mass is 10.4. The largest absolute Gasteiger partial charge is 0.487 e. The summed E-state index contributed by atoms with van der Waals surface area (Å²) < 4.78 is 8.01. The number of thiophene rings is 1. The monoisotopic (exact) mass is 254 g/mol. The second-order valence-electron chi connectivity index (χ2n) is 2.80. The first-order valence-corrected chi connectivity index (χ1v) is 6.48. The van der Waals surface area contributed by atoms with Gasteiger partial charge in [-0.1, -0.05) is 11.3 Å². The first kappa shape index (κ1) is 11.2. The van der Waals surface area contributed by atoms with Gasteiger partial charge in [-0.3, -0.25) is 0 Å². The molecule has 2 heterocycles. The summed E-state index contributed by atoms with van der Waals surface area (Å²) in [5.74, 6) is 0. The van der Waals surface area contributed by atoms with E-state index in [4.69, 9.17) is 4.74 Å². The summed E-state index contributed by atoms with van der Waals surface area (Å²) in [6.45, 7) is 0. The third kappa shape index (κ3) is 2.42. The van der Waals surface area contributed by atoms with Gasteiger partial charge in [0.15, 0.2) is 5.06 Å². The Labute approximate surface area is 101 Å². The lowest BCUT2D eigenvalue weighted by Gasteiger charge is -1.94. The molecule has 0 aromatic carbocycles. The highest BCUT2D eigenvalue weighted by atomic mass is 32.2. The second kappa shape index (κ2) is 5.13. The topological polar surface area (TPSA) is 52.3 Å². The average Bonchev–Trinajstić information content (AvgIpc) is 2.95. The standard InChI is InChI=1S/C9H10N4OS2/c1-14-9-7(3-8(15-2)16-9)4-12-13-5-10-11-6-13/h3-6H,1-2H3/b12-4+. The number of thioether (sulfide) groups is 1. The fraction of sp³-hybridized carbons (Fsp3) is 0.222. The zero-order valence-electron chi connectivity index (χ0n) is 8.82. The summed E-state index contributed by atoms with van der Waals surface area (Å²) in [7, 11) is 1.66. The van der Waals surface area contributed by atoms with E-state index < -0.39 is 0 Å². The van der Waals surface area contributed by atoms with Crippen LogP contribution in [-0.4, -0.2) is 34.5 Å². The van der Waals surface area contributed by atoms with E-state index in [0.717, 1.165) is 10.6 Å². The van der Waals surface area contributed by atoms with E-state index in [1.54, 1.807) is 36.4 Å². The molecule has 0 bridgehead atoms. The van der Waals surface area contributed by atoms with Crippen molar-refractivity contribution in [2.24, 2.45) is 5.10 Å². The van der Waals surface area contributed by atoms with Crippen LogP contribution in [-0.2, 0) is 0 Å². The Balaban J connectivity index is 2.23. The first-order chi connectivity index (χ1) is 7.83. The smallest absolute Gasteiger partial charge is 0.183 e. The Morgan fingerprint density at radius 1 is 1.50 bits per heavy atom. The Kier molecular flexibility index (Phi) is 3.58. The maximum Gasteiger partial charge on any atom is 0.183 e. The summed E-state index contributed by atoms with van der Waals surface area (Å²) in [6.07, 6.45) is 6.83. The number of nitrogens with zero attached hydrogens (tertiary/aromatic N) is 4. The van der Waals surface area contributed by atoms with Crippen molar-refractivity contribution in [1.29, 1.82) is 0 Å². The molecule has 0 unspecified atom stereocenters. The van der Waals surface area contributed by atoms with Crippen LogP contribution < -0.4 is 4.74 Å². The Morgan fingerprint density at radius 2 is 2.25 bits per heavy atom. The quantitative estimate of drug-likeness (QED) is 0.618. The fourth-order valence-corrected chi connectivity index (χ4v) is 2.59. The molecule has 0 saturated heterocycles. The third-order valence-corrected chi connectivity index (χ3v) is 4.00. The van der Waals surface area contributed by atoms with Crippen LogP contribution in [0.5, 0.6) is 5.06 Å². The van der Waals surface area contributed by atoms with Crippen molar-refractivity contribution < 1.29 is 4.74 Å². The van der Waals surface area contributed by atoms with Crippen LogP contribution in [0.2, 0.25) is 0 Å². The van der Waals surface area contributed by atoms with Gasteiger partial charge in [0.05, 0.1) is 17.5 Å². The Hall–Kier alpha value is -1.34. The highest BCUT2D eigenvalue weighted by Gasteiger charge is 2.06. The maximum atomic E-state index is 5.27. The van der Waals surface area contributed by atoms with Crippen LogP contribution in [0.15, 0.2) is 28.0 Å². The Morgan fingerprint density at radius 3 is 2.88 bits per heavy atom. The van der Waals surface area contributed by atoms with E-state index in [9.17, 15) is 0 Å². The SMILES string of the molecule is COc1sc(SC)cc1/C=N/n1cnnc1. The molecule has 0 amide bonds. The number of hydrogen-bond donors (Lipinski definition) is 0. The molecular formula is C9H10N4OS2. The van der Waals surface area contributed by atoms with E-state index >= 15 is 0 Å². The number of rotatable bonds is 4. The zero-order chi connectivity index (χ0) is 11.4. The number of hydrogen-bond acceptors (Lipinski definition) is 6. The zero-order valence-corrected chi connectivity index (χ0v) is 10.5. The van der Waals surface area contributed by atoms with Crippen LogP contribution in [0, 0.1) is 0 Å². The molecule has 0 spiro atoms. The van der Waals surface area contributed by atoms with Crippen LogP contribution in [0.4, 0.5) is 0 Å². The first-order valence-electron chi connectivity index (χ1n) is 4.44. The van der Waals surface area contributed by atoms with Gasteiger partial charge in [-0.2, -0.15) is 5.10 Å². The molecule has 0 saturated carbocycles. The molecule has 2 aromatic rings. The maximum absolute atomic E-state index is 5.27. The molecule has 0 atom stereocenters. The molecule has 0 aliphatic heterocycles. The lowest BCUT2D eigenvalue weighted by Crippen LogP contribution is -1.88. The van der Waals surface area contributed by atoms with Crippen molar-refractivity contribution in [3.05, 3.63) is 24.3 Å². The fourth-order valence-electron chi connectivity index (χ4n) is 1.10. The van der Waals surface area contributed by atoms with Gasteiger partial charge >= 0.3 is 0 Å². The van der Waals surface area contributed by atoms with Gasteiger partial charge in [-0.05, 0) is 12.3 Å². The van der Waals surface area contributed by atoms with Crippen molar-refractivity contribution in [2.75, 3.05) is 13.4 Å². The van der Waals surface area contributed by atoms with E-state index in [-0.39, 0.29) is 0 Å². The van der Waals surface area contributed by atoms with E-state index in [2.05, 4.69) is 15.3 Å². The summed E-state index contributed by atoms with van der Waals surface area (Å²) >= 11 is 3.29. The molecule has 0 aliphatic carbocycles. The third-order valence-electron chi connectivity index (χ3n) is 1.83. The van der Waals surface area contributed by atoms with Crippen molar-refractivity contribution in [1.82, 2.24) is 14.9 Å². The van der Waals surface area contributed by atoms with Gasteiger partial charge < -0.3 is 4.74 Å². The van der Waals surface area contributed by atoms with Crippen molar-refractivity contribution in [3.63, 3.8) is 0 Å². The molecule has 7 heteroatoms. The van der Waals surface area contributed by atoms with Gasteiger partial charge in [-0.15, -0.1) is 22.0 Å². The minimum atomic E-state index is 0.862. The van der Waals surface area contributed by atoms with E-state index in [0.29, 0.717) is 0 Å². The van der Waals surface area contributed by atoms with Crippen LogP contribution in [0.1, 0.15) is 5.56 Å². The molecule has 5 nitrogen and oxygen atoms in total. The number of aromatic nitrogens is 3. The highest BCUT2D eigenvalue weighted by Crippen LogP contribution is 2.34. The van der Waals surface area contributed by atoms with E-state index in [1.165, 1.54) is 21.5 Å². The van der Waals surface area contributed by atoms with Gasteiger partial charge in [0.25, 0.3) is 0 Å². The summed E-state index contributed by atoms with van der Waals surface area (Å²) in [4.78, 5) is 0. The normalized spacial score (nSPS) is 11.1. The molecule has 2 rings (SSSR count). The van der Waals surface area contributed by atoms with Crippen LogP contribution in [0.25, 0.3) is 0 Å². The molecule has 84 valence electrons. The van der Waals surface area contributed by atoms with Gasteiger partial charge in [0.1, 0.15) is 12.7 Å². The highest BCUT2D eigenvalue weighted by molar-refractivity contribution is 8.00. The van der Waals surface area contributed by atoms with Gasteiger partial charge in [0.2, 0.25) is 0 Å². The predicted octanol–water partition coefficient (Wildman–Crippen LogP) is 1.95. The average molecular weight is 254 g/mol. The lowest BCUT2D eigenvalue weighted by molar-refractivity contribution is 0.426. The van der Waals surface area contributed by atoms with Gasteiger partial charge in [0, 0.05) is 5.56 Å². The molecule has 0 aliphatic rings. The molecule has 2 aromatic heterocycles. The van der Waals surface area contributed by atoms with Crippen molar-refractivity contribution in [3.8, 4) is 5.06 Å². The Bertz CT molecular complexity index is 478. The van der Waals surface area contributed by atoms with Crippen LogP contribution >= 0.6 is 23.1 Å². The molecule has 0 N–H and O–H groups in total. The minimum absolute atomic E-state index is 0.862. The summed E-state index contributed by atoms with van der Waals surface area (Å²) in [5, 5.41) is 12.4.